The van der Waals surface area contributed by atoms with Crippen LogP contribution in [0.2, 0.25) is 0 Å². The number of hydrogen-bond acceptors (Lipinski definition) is 5. The molecule has 0 bridgehead atoms. The molecule has 2 amide bonds. The molecule has 0 saturated carbocycles. The van der Waals surface area contributed by atoms with Gasteiger partial charge in [-0.3, -0.25) is 4.79 Å². The summed E-state index contributed by atoms with van der Waals surface area (Å²) in [6.45, 7) is 10.7. The summed E-state index contributed by atoms with van der Waals surface area (Å²) >= 11 is 0. The second-order valence-electron chi connectivity index (χ2n) is 11.6. The molecule has 1 heterocycles. The number of carbonyl (C=O) groups is 3. The normalized spacial score (nSPS) is 20.8. The van der Waals surface area contributed by atoms with E-state index in [1.54, 1.807) is 32.9 Å². The number of carbonyl (C=O) groups excluding carboxylic acids is 2. The Balaban J connectivity index is 2.03. The zero-order valence-electron chi connectivity index (χ0n) is 22.7. The topological polar surface area (TPSA) is 105 Å². The monoisotopic (exact) mass is 510 g/mol. The molecule has 1 aliphatic heterocycles. The quantitative estimate of drug-likeness (QED) is 0.577. The third-order valence-corrected chi connectivity index (χ3v) is 6.57. The number of hydrogen-bond donors (Lipinski definition) is 2. The Kier molecular flexibility index (Phi) is 8.03. The van der Waals surface area contributed by atoms with Crippen LogP contribution in [-0.2, 0) is 24.6 Å². The standard InChI is InChI=1S/C29H38N2O6/c1-27(2,3)23(30-26(35)37-28(4,5)6)24(32)31-18-22(36-7)17-29(31,25(33)34)21-15-13-20(14-16-21)19-11-9-8-10-12-19/h8-16,22-23H,17-18H2,1-7H3,(H,30,35)(H,33,34)/t22?,23-,29?/m1/s1. The first-order valence-electron chi connectivity index (χ1n) is 12.4. The number of carboxylic acid groups (broad SMARTS) is 1. The lowest BCUT2D eigenvalue weighted by atomic mass is 9.82. The number of amides is 2. The minimum atomic E-state index is -1.66. The van der Waals surface area contributed by atoms with Crippen molar-refractivity contribution in [1.82, 2.24) is 10.2 Å². The molecular weight excluding hydrogens is 472 g/mol. The molecule has 2 N–H and O–H groups in total. The molecule has 0 aromatic heterocycles. The molecule has 200 valence electrons. The molecule has 2 aromatic rings. The van der Waals surface area contributed by atoms with Gasteiger partial charge in [0.25, 0.3) is 0 Å². The molecule has 0 radical (unpaired) electrons. The molecule has 2 aromatic carbocycles. The van der Waals surface area contributed by atoms with Crippen molar-refractivity contribution in [2.45, 2.75) is 71.2 Å². The molecule has 37 heavy (non-hydrogen) atoms. The van der Waals surface area contributed by atoms with Crippen molar-refractivity contribution in [3.63, 3.8) is 0 Å². The average Bonchev–Trinajstić information content (AvgIpc) is 3.22. The van der Waals surface area contributed by atoms with Gasteiger partial charge in [0.15, 0.2) is 5.54 Å². The minimum Gasteiger partial charge on any atom is -0.479 e. The fourth-order valence-electron chi connectivity index (χ4n) is 4.70. The predicted octanol–water partition coefficient (Wildman–Crippen LogP) is 4.82. The second kappa shape index (κ2) is 10.5. The molecule has 1 aliphatic rings. The Morgan fingerprint density at radius 2 is 1.54 bits per heavy atom. The van der Waals surface area contributed by atoms with Crippen molar-refractivity contribution in [3.8, 4) is 11.1 Å². The number of carboxylic acids is 1. The lowest BCUT2D eigenvalue weighted by molar-refractivity contribution is -0.159. The van der Waals surface area contributed by atoms with Crippen molar-refractivity contribution in [1.29, 1.82) is 0 Å². The summed E-state index contributed by atoms with van der Waals surface area (Å²) in [7, 11) is 1.50. The van der Waals surface area contributed by atoms with Gasteiger partial charge in [-0.1, -0.05) is 75.4 Å². The summed E-state index contributed by atoms with van der Waals surface area (Å²) in [6, 6.07) is 16.0. The van der Waals surface area contributed by atoms with E-state index in [9.17, 15) is 19.5 Å². The fourth-order valence-corrected chi connectivity index (χ4v) is 4.70. The van der Waals surface area contributed by atoms with E-state index in [0.717, 1.165) is 11.1 Å². The van der Waals surface area contributed by atoms with Gasteiger partial charge in [-0.2, -0.15) is 0 Å². The third-order valence-electron chi connectivity index (χ3n) is 6.57. The van der Waals surface area contributed by atoms with Crippen LogP contribution < -0.4 is 5.32 Å². The van der Waals surface area contributed by atoms with Crippen LogP contribution in [0.1, 0.15) is 53.5 Å². The van der Waals surface area contributed by atoms with Crippen molar-refractivity contribution >= 4 is 18.0 Å². The van der Waals surface area contributed by atoms with E-state index in [2.05, 4.69) is 5.32 Å². The number of rotatable bonds is 6. The smallest absolute Gasteiger partial charge is 0.408 e. The highest BCUT2D eigenvalue weighted by molar-refractivity contribution is 5.93. The van der Waals surface area contributed by atoms with E-state index in [4.69, 9.17) is 9.47 Å². The van der Waals surface area contributed by atoms with E-state index in [-0.39, 0.29) is 13.0 Å². The van der Waals surface area contributed by atoms with E-state index < -0.39 is 46.7 Å². The van der Waals surface area contributed by atoms with Crippen LogP contribution in [0.3, 0.4) is 0 Å². The first-order valence-corrected chi connectivity index (χ1v) is 12.4. The maximum absolute atomic E-state index is 14.1. The number of nitrogens with one attached hydrogen (secondary N) is 1. The SMILES string of the molecule is COC1CN(C(=O)[C@@H](NC(=O)OC(C)(C)C)C(C)(C)C)C(C(=O)O)(c2ccc(-c3ccccc3)cc2)C1. The fraction of sp³-hybridized carbons (Fsp3) is 0.483. The molecule has 3 atom stereocenters. The maximum Gasteiger partial charge on any atom is 0.408 e. The van der Waals surface area contributed by atoms with Crippen LogP contribution in [0.25, 0.3) is 11.1 Å². The van der Waals surface area contributed by atoms with Gasteiger partial charge in [-0.25, -0.2) is 9.59 Å². The number of alkyl carbamates (subject to hydrolysis) is 1. The number of nitrogens with zero attached hydrogens (tertiary/aromatic N) is 1. The van der Waals surface area contributed by atoms with Crippen LogP contribution in [-0.4, -0.2) is 59.4 Å². The lowest BCUT2D eigenvalue weighted by Gasteiger charge is -2.40. The van der Waals surface area contributed by atoms with E-state index >= 15 is 0 Å². The molecule has 0 aliphatic carbocycles. The predicted molar refractivity (Wildman–Crippen MR) is 141 cm³/mol. The summed E-state index contributed by atoms with van der Waals surface area (Å²) < 4.78 is 11.0. The molecule has 1 fully saturated rings. The number of methoxy groups -OCH3 is 1. The summed E-state index contributed by atoms with van der Waals surface area (Å²) in [6.07, 6.45) is -1.15. The van der Waals surface area contributed by atoms with Crippen molar-refractivity contribution in [2.24, 2.45) is 5.41 Å². The van der Waals surface area contributed by atoms with Gasteiger partial charge in [-0.05, 0) is 42.9 Å². The molecule has 8 nitrogen and oxygen atoms in total. The number of likely N-dealkylation sites (tertiary alicyclic amines) is 1. The van der Waals surface area contributed by atoms with Crippen molar-refractivity contribution < 1.29 is 29.0 Å². The first-order chi connectivity index (χ1) is 17.2. The molecule has 0 spiro atoms. The largest absolute Gasteiger partial charge is 0.479 e. The first kappa shape index (κ1) is 28.2. The number of ether oxygens (including phenoxy) is 2. The molecular formula is C29H38N2O6. The number of aliphatic carboxylic acids is 1. The van der Waals surface area contributed by atoms with Gasteiger partial charge >= 0.3 is 12.1 Å². The van der Waals surface area contributed by atoms with Crippen LogP contribution in [0.5, 0.6) is 0 Å². The highest BCUT2D eigenvalue weighted by Gasteiger charge is 2.57. The summed E-state index contributed by atoms with van der Waals surface area (Å²) in [4.78, 5) is 41.0. The van der Waals surface area contributed by atoms with Gasteiger partial charge in [0, 0.05) is 20.1 Å². The summed E-state index contributed by atoms with van der Waals surface area (Å²) in [5, 5.41) is 13.3. The maximum atomic E-state index is 14.1. The Morgan fingerprint density at radius 3 is 2.03 bits per heavy atom. The Hall–Kier alpha value is -3.39. The van der Waals surface area contributed by atoms with Crippen molar-refractivity contribution in [3.05, 3.63) is 60.2 Å². The lowest BCUT2D eigenvalue weighted by Crippen LogP contribution is -2.60. The molecule has 8 heteroatoms. The van der Waals surface area contributed by atoms with Crippen molar-refractivity contribution in [2.75, 3.05) is 13.7 Å². The Labute approximate surface area is 219 Å². The van der Waals surface area contributed by atoms with Crippen LogP contribution in [0.15, 0.2) is 54.6 Å². The van der Waals surface area contributed by atoms with E-state index in [1.165, 1.54) is 12.0 Å². The number of benzene rings is 2. The van der Waals surface area contributed by atoms with E-state index in [0.29, 0.717) is 5.56 Å². The van der Waals surface area contributed by atoms with Gasteiger partial charge in [-0.15, -0.1) is 0 Å². The average molecular weight is 511 g/mol. The molecule has 1 saturated heterocycles. The molecule has 2 unspecified atom stereocenters. The van der Waals surface area contributed by atoms with Crippen LogP contribution in [0.4, 0.5) is 4.79 Å². The Morgan fingerprint density at radius 1 is 0.973 bits per heavy atom. The van der Waals surface area contributed by atoms with Crippen LogP contribution >= 0.6 is 0 Å². The van der Waals surface area contributed by atoms with Gasteiger partial charge in [0.05, 0.1) is 6.10 Å². The zero-order chi connectivity index (χ0) is 27.6. The van der Waals surface area contributed by atoms with Gasteiger partial charge in [0.1, 0.15) is 11.6 Å². The van der Waals surface area contributed by atoms with Gasteiger partial charge in [0.2, 0.25) is 5.91 Å². The van der Waals surface area contributed by atoms with Gasteiger partial charge < -0.3 is 24.8 Å². The summed E-state index contributed by atoms with van der Waals surface area (Å²) in [5.74, 6) is -1.66. The highest BCUT2D eigenvalue weighted by atomic mass is 16.6. The highest BCUT2D eigenvalue weighted by Crippen LogP contribution is 2.42. The zero-order valence-corrected chi connectivity index (χ0v) is 22.7. The summed E-state index contributed by atoms with van der Waals surface area (Å²) in [5.41, 5.74) is -0.731. The minimum absolute atomic E-state index is 0.0741. The second-order valence-corrected chi connectivity index (χ2v) is 11.6. The van der Waals surface area contributed by atoms with E-state index in [1.807, 2.05) is 63.2 Å². The molecule has 3 rings (SSSR count). The Bertz CT molecular complexity index is 1120. The van der Waals surface area contributed by atoms with Crippen LogP contribution in [0, 0.1) is 5.41 Å². The third kappa shape index (κ3) is 6.13.